The summed E-state index contributed by atoms with van der Waals surface area (Å²) in [5.74, 6) is -7.59. The summed E-state index contributed by atoms with van der Waals surface area (Å²) in [5.41, 5.74) is -1.02. The third-order valence-electron chi connectivity index (χ3n) is 2.26. The molecule has 0 bridgehead atoms. The standard InChI is InChI=1S/C12H8F3NO4/c1-2-3-16(5-8(17)18)12(20)6-4-7(13)10(15)11(19)9(6)14/h1,4,19H,3,5H2,(H,17,18). The quantitative estimate of drug-likeness (QED) is 0.639. The van der Waals surface area contributed by atoms with Gasteiger partial charge in [-0.3, -0.25) is 9.59 Å². The molecule has 8 heteroatoms. The molecule has 20 heavy (non-hydrogen) atoms. The number of aliphatic carboxylic acids is 1. The lowest BCUT2D eigenvalue weighted by molar-refractivity contribution is -0.137. The van der Waals surface area contributed by atoms with Crippen molar-refractivity contribution in [2.45, 2.75) is 0 Å². The average molecular weight is 287 g/mol. The zero-order chi connectivity index (χ0) is 15.4. The Balaban J connectivity index is 3.25. The highest BCUT2D eigenvalue weighted by atomic mass is 19.2. The number of carbonyl (C=O) groups excluding carboxylic acids is 1. The molecule has 0 atom stereocenters. The van der Waals surface area contributed by atoms with Crippen molar-refractivity contribution >= 4 is 11.9 Å². The van der Waals surface area contributed by atoms with Crippen LogP contribution in [0.3, 0.4) is 0 Å². The van der Waals surface area contributed by atoms with Gasteiger partial charge in [0.1, 0.15) is 6.54 Å². The molecule has 1 rings (SSSR count). The van der Waals surface area contributed by atoms with Crippen molar-refractivity contribution in [3.05, 3.63) is 29.1 Å². The van der Waals surface area contributed by atoms with E-state index >= 15 is 0 Å². The topological polar surface area (TPSA) is 77.8 Å². The summed E-state index contributed by atoms with van der Waals surface area (Å²) in [6, 6.07) is 0.220. The summed E-state index contributed by atoms with van der Waals surface area (Å²) in [6.07, 6.45) is 4.93. The van der Waals surface area contributed by atoms with Crippen LogP contribution in [0.15, 0.2) is 6.07 Å². The summed E-state index contributed by atoms with van der Waals surface area (Å²) in [5, 5.41) is 17.6. The molecule has 2 N–H and O–H groups in total. The SMILES string of the molecule is C#CCN(CC(=O)O)C(=O)c1cc(F)c(F)c(O)c1F. The summed E-state index contributed by atoms with van der Waals surface area (Å²) in [4.78, 5) is 22.9. The third kappa shape index (κ3) is 3.00. The van der Waals surface area contributed by atoms with E-state index in [4.69, 9.17) is 16.6 Å². The minimum absolute atomic E-state index is 0.220. The number of benzene rings is 1. The maximum Gasteiger partial charge on any atom is 0.323 e. The number of carbonyl (C=O) groups is 2. The Hall–Kier alpha value is -2.69. The molecule has 0 aliphatic heterocycles. The Bertz CT molecular complexity index is 610. The molecule has 106 valence electrons. The van der Waals surface area contributed by atoms with Crippen LogP contribution in [0.2, 0.25) is 0 Å². The number of carboxylic acids is 1. The Morgan fingerprint density at radius 1 is 1.30 bits per heavy atom. The summed E-state index contributed by atoms with van der Waals surface area (Å²) in [7, 11) is 0. The van der Waals surface area contributed by atoms with Crippen molar-refractivity contribution in [1.82, 2.24) is 4.90 Å². The zero-order valence-corrected chi connectivity index (χ0v) is 9.86. The maximum atomic E-state index is 13.5. The van der Waals surface area contributed by atoms with Crippen LogP contribution in [0.4, 0.5) is 13.2 Å². The second kappa shape index (κ2) is 5.97. The first-order valence-corrected chi connectivity index (χ1v) is 5.10. The van der Waals surface area contributed by atoms with Gasteiger partial charge in [-0.15, -0.1) is 6.42 Å². The number of amides is 1. The van der Waals surface area contributed by atoms with Crippen LogP contribution in [0.1, 0.15) is 10.4 Å². The van der Waals surface area contributed by atoms with Crippen molar-refractivity contribution in [3.8, 4) is 18.1 Å². The fraction of sp³-hybridized carbons (Fsp3) is 0.167. The first kappa shape index (κ1) is 15.4. The predicted molar refractivity (Wildman–Crippen MR) is 60.4 cm³/mol. The molecule has 0 aliphatic rings. The minimum Gasteiger partial charge on any atom is -0.503 e. The second-order valence-corrected chi connectivity index (χ2v) is 3.64. The van der Waals surface area contributed by atoms with Gasteiger partial charge in [0.25, 0.3) is 5.91 Å². The van der Waals surface area contributed by atoms with Crippen LogP contribution < -0.4 is 0 Å². The molecule has 0 saturated heterocycles. The number of phenols is 1. The van der Waals surface area contributed by atoms with Gasteiger partial charge in [0.15, 0.2) is 17.4 Å². The second-order valence-electron chi connectivity index (χ2n) is 3.64. The molecule has 0 saturated carbocycles. The van der Waals surface area contributed by atoms with Crippen LogP contribution in [-0.4, -0.2) is 40.1 Å². The van der Waals surface area contributed by atoms with E-state index in [2.05, 4.69) is 0 Å². The van der Waals surface area contributed by atoms with Crippen molar-refractivity contribution in [2.24, 2.45) is 0 Å². The normalized spacial score (nSPS) is 9.90. The molecule has 0 aromatic heterocycles. The molecule has 0 fully saturated rings. The molecule has 0 aliphatic carbocycles. The highest BCUT2D eigenvalue weighted by molar-refractivity contribution is 5.96. The number of carboxylic acid groups (broad SMARTS) is 1. The summed E-state index contributed by atoms with van der Waals surface area (Å²) < 4.78 is 39.5. The fourth-order valence-corrected chi connectivity index (χ4v) is 1.39. The largest absolute Gasteiger partial charge is 0.503 e. The van der Waals surface area contributed by atoms with Gasteiger partial charge in [-0.25, -0.2) is 8.78 Å². The molecule has 5 nitrogen and oxygen atoms in total. The molecular formula is C12H8F3NO4. The Morgan fingerprint density at radius 2 is 1.90 bits per heavy atom. The van der Waals surface area contributed by atoms with Crippen LogP contribution in [0.25, 0.3) is 0 Å². The van der Waals surface area contributed by atoms with E-state index in [0.29, 0.717) is 4.90 Å². The molecule has 1 aromatic carbocycles. The van der Waals surface area contributed by atoms with Gasteiger partial charge >= 0.3 is 5.97 Å². The van der Waals surface area contributed by atoms with Crippen molar-refractivity contribution in [3.63, 3.8) is 0 Å². The number of phenolic OH excluding ortho intramolecular Hbond substituents is 1. The summed E-state index contributed by atoms with van der Waals surface area (Å²) in [6.45, 7) is -1.34. The van der Waals surface area contributed by atoms with Crippen LogP contribution >= 0.6 is 0 Å². The Morgan fingerprint density at radius 3 is 2.40 bits per heavy atom. The van der Waals surface area contributed by atoms with Crippen LogP contribution in [0, 0.1) is 29.8 Å². The lowest BCUT2D eigenvalue weighted by Crippen LogP contribution is -2.36. The van der Waals surface area contributed by atoms with E-state index < -0.39 is 53.7 Å². The lowest BCUT2D eigenvalue weighted by atomic mass is 10.1. The van der Waals surface area contributed by atoms with Gasteiger partial charge in [0, 0.05) is 0 Å². The molecule has 1 aromatic rings. The van der Waals surface area contributed by atoms with E-state index in [1.54, 1.807) is 0 Å². The van der Waals surface area contributed by atoms with Crippen molar-refractivity contribution in [2.75, 3.05) is 13.1 Å². The highest BCUT2D eigenvalue weighted by Gasteiger charge is 2.26. The van der Waals surface area contributed by atoms with Gasteiger partial charge in [-0.2, -0.15) is 4.39 Å². The van der Waals surface area contributed by atoms with Crippen LogP contribution in [0.5, 0.6) is 5.75 Å². The smallest absolute Gasteiger partial charge is 0.323 e. The monoisotopic (exact) mass is 287 g/mol. The Kier molecular flexibility index (Phi) is 4.59. The van der Waals surface area contributed by atoms with E-state index in [9.17, 15) is 22.8 Å². The number of hydrogen-bond donors (Lipinski definition) is 2. The fourth-order valence-electron chi connectivity index (χ4n) is 1.39. The minimum atomic E-state index is -1.85. The van der Waals surface area contributed by atoms with E-state index in [1.807, 2.05) is 5.92 Å². The predicted octanol–water partition coefficient (Wildman–Crippen LogP) is 0.970. The molecule has 1 amide bonds. The number of aromatic hydroxyl groups is 1. The molecule has 0 unspecified atom stereocenters. The third-order valence-corrected chi connectivity index (χ3v) is 2.26. The number of rotatable bonds is 4. The molecular weight excluding hydrogens is 279 g/mol. The molecule has 0 heterocycles. The first-order chi connectivity index (χ1) is 9.29. The highest BCUT2D eigenvalue weighted by Crippen LogP contribution is 2.26. The number of nitrogens with zero attached hydrogens (tertiary/aromatic N) is 1. The van der Waals surface area contributed by atoms with Gasteiger partial charge in [0.05, 0.1) is 12.1 Å². The average Bonchev–Trinajstić information content (AvgIpc) is 2.39. The Labute approximate surface area is 111 Å². The lowest BCUT2D eigenvalue weighted by Gasteiger charge is -2.18. The maximum absolute atomic E-state index is 13.5. The van der Waals surface area contributed by atoms with E-state index in [0.717, 1.165) is 0 Å². The van der Waals surface area contributed by atoms with Crippen molar-refractivity contribution in [1.29, 1.82) is 0 Å². The molecule has 0 spiro atoms. The van der Waals surface area contributed by atoms with E-state index in [-0.39, 0.29) is 6.07 Å². The first-order valence-electron chi connectivity index (χ1n) is 5.10. The van der Waals surface area contributed by atoms with Gasteiger partial charge in [0.2, 0.25) is 5.82 Å². The molecule has 0 radical (unpaired) electrons. The number of terminal acetylenes is 1. The number of hydrogen-bond acceptors (Lipinski definition) is 3. The van der Waals surface area contributed by atoms with Crippen molar-refractivity contribution < 1.29 is 33.0 Å². The zero-order valence-electron chi connectivity index (χ0n) is 9.86. The van der Waals surface area contributed by atoms with Crippen LogP contribution in [-0.2, 0) is 4.79 Å². The van der Waals surface area contributed by atoms with Gasteiger partial charge in [-0.05, 0) is 6.07 Å². The van der Waals surface area contributed by atoms with E-state index in [1.165, 1.54) is 0 Å². The summed E-state index contributed by atoms with van der Waals surface area (Å²) >= 11 is 0. The van der Waals surface area contributed by atoms with Gasteiger partial charge < -0.3 is 15.1 Å². The van der Waals surface area contributed by atoms with Gasteiger partial charge in [-0.1, -0.05) is 5.92 Å². The number of halogens is 3.